The van der Waals surface area contributed by atoms with Crippen LogP contribution in [0, 0.1) is 6.92 Å². The average molecular weight is 440 g/mol. The summed E-state index contributed by atoms with van der Waals surface area (Å²) in [7, 11) is 1.70. The first-order chi connectivity index (χ1) is 15.1. The molecule has 0 aliphatic heterocycles. The summed E-state index contributed by atoms with van der Waals surface area (Å²) in [6, 6.07) is 20.2. The molecular weight excluding hydrogens is 410 g/mol. The van der Waals surface area contributed by atoms with Crippen LogP contribution in [0.15, 0.2) is 60.7 Å². The van der Waals surface area contributed by atoms with Gasteiger partial charge in [-0.15, -0.1) is 0 Å². The summed E-state index contributed by atoms with van der Waals surface area (Å²) in [5.74, 6) is 2.28. The Bertz CT molecular complexity index is 973. The molecule has 0 aliphatic carbocycles. The molecule has 1 N–H and O–H groups in total. The molecule has 5 heteroatoms. The fourth-order valence-corrected chi connectivity index (χ4v) is 3.52. The van der Waals surface area contributed by atoms with Crippen molar-refractivity contribution in [3.8, 4) is 17.2 Å². The van der Waals surface area contributed by atoms with Gasteiger partial charge in [-0.3, -0.25) is 0 Å². The Morgan fingerprint density at radius 2 is 1.61 bits per heavy atom. The van der Waals surface area contributed by atoms with Gasteiger partial charge in [-0.05, 0) is 55.6 Å². The highest BCUT2D eigenvalue weighted by molar-refractivity contribution is 6.31. The molecule has 3 aromatic rings. The molecule has 0 amide bonds. The largest absolute Gasteiger partial charge is 0.496 e. The first kappa shape index (κ1) is 23.0. The van der Waals surface area contributed by atoms with Crippen LogP contribution in [0.2, 0.25) is 5.02 Å². The first-order valence-electron chi connectivity index (χ1n) is 10.6. The lowest BCUT2D eigenvalue weighted by molar-refractivity contribution is 0.269. The van der Waals surface area contributed by atoms with Gasteiger partial charge in [-0.25, -0.2) is 0 Å². The van der Waals surface area contributed by atoms with Crippen LogP contribution in [0.25, 0.3) is 0 Å². The van der Waals surface area contributed by atoms with Gasteiger partial charge in [0.25, 0.3) is 0 Å². The van der Waals surface area contributed by atoms with Gasteiger partial charge < -0.3 is 19.5 Å². The zero-order valence-electron chi connectivity index (χ0n) is 18.4. The lowest BCUT2D eigenvalue weighted by atomic mass is 10.1. The van der Waals surface area contributed by atoms with E-state index in [0.717, 1.165) is 29.8 Å². The topological polar surface area (TPSA) is 39.7 Å². The van der Waals surface area contributed by atoms with Crippen molar-refractivity contribution in [1.82, 2.24) is 5.32 Å². The smallest absolute Gasteiger partial charge is 0.163 e. The van der Waals surface area contributed by atoms with E-state index in [-0.39, 0.29) is 0 Å². The lowest BCUT2D eigenvalue weighted by Gasteiger charge is -2.16. The number of rotatable bonds is 11. The van der Waals surface area contributed by atoms with Crippen molar-refractivity contribution < 1.29 is 14.2 Å². The van der Waals surface area contributed by atoms with Gasteiger partial charge in [0.1, 0.15) is 12.4 Å². The first-order valence-corrected chi connectivity index (χ1v) is 10.9. The summed E-state index contributed by atoms with van der Waals surface area (Å²) in [6.45, 7) is 6.51. The number of hydrogen-bond donors (Lipinski definition) is 1. The van der Waals surface area contributed by atoms with E-state index in [0.29, 0.717) is 36.3 Å². The minimum Gasteiger partial charge on any atom is -0.496 e. The second kappa shape index (κ2) is 11.6. The molecule has 3 rings (SSSR count). The molecule has 3 aromatic carbocycles. The Balaban J connectivity index is 1.61. The van der Waals surface area contributed by atoms with Gasteiger partial charge >= 0.3 is 0 Å². The van der Waals surface area contributed by atoms with E-state index < -0.39 is 0 Å². The van der Waals surface area contributed by atoms with Gasteiger partial charge in [0.15, 0.2) is 11.5 Å². The molecule has 0 aliphatic rings. The maximum Gasteiger partial charge on any atom is 0.163 e. The fraction of sp³-hybridized carbons (Fsp3) is 0.308. The molecule has 0 radical (unpaired) electrons. The maximum atomic E-state index is 6.55. The molecule has 0 saturated heterocycles. The van der Waals surface area contributed by atoms with Crippen molar-refractivity contribution in [3.63, 3.8) is 0 Å². The summed E-state index contributed by atoms with van der Waals surface area (Å²) in [5.41, 5.74) is 4.49. The molecular formula is C26H30ClNO3. The van der Waals surface area contributed by atoms with Crippen molar-refractivity contribution in [2.75, 3.05) is 20.3 Å². The Hall–Kier alpha value is -2.69. The molecule has 0 unspecified atom stereocenters. The normalized spacial score (nSPS) is 10.7. The van der Waals surface area contributed by atoms with Gasteiger partial charge in [-0.2, -0.15) is 0 Å². The van der Waals surface area contributed by atoms with Crippen molar-refractivity contribution in [1.29, 1.82) is 0 Å². The Kier molecular flexibility index (Phi) is 8.63. The third kappa shape index (κ3) is 6.65. The Morgan fingerprint density at radius 1 is 0.871 bits per heavy atom. The number of para-hydroxylation sites is 1. The number of methoxy groups -OCH3 is 1. The number of aryl methyl sites for hydroxylation is 1. The third-order valence-corrected chi connectivity index (χ3v) is 5.36. The van der Waals surface area contributed by atoms with Crippen LogP contribution < -0.4 is 19.5 Å². The minimum atomic E-state index is 0.465. The number of nitrogens with one attached hydrogen (secondary N) is 1. The number of halogens is 1. The average Bonchev–Trinajstić information content (AvgIpc) is 2.78. The van der Waals surface area contributed by atoms with Crippen LogP contribution in [-0.2, 0) is 19.6 Å². The van der Waals surface area contributed by atoms with Gasteiger partial charge in [0.05, 0.1) is 13.7 Å². The molecule has 0 atom stereocenters. The number of benzene rings is 3. The quantitative estimate of drug-likeness (QED) is 0.374. The van der Waals surface area contributed by atoms with E-state index in [1.807, 2.05) is 37.3 Å². The number of hydrogen-bond acceptors (Lipinski definition) is 4. The number of ether oxygens (including phenoxy) is 3. The highest BCUT2D eigenvalue weighted by Gasteiger charge is 2.12. The van der Waals surface area contributed by atoms with E-state index in [1.165, 1.54) is 11.1 Å². The third-order valence-electron chi connectivity index (χ3n) is 5.01. The van der Waals surface area contributed by atoms with Crippen LogP contribution in [0.4, 0.5) is 0 Å². The zero-order chi connectivity index (χ0) is 22.1. The van der Waals surface area contributed by atoms with Crippen molar-refractivity contribution in [3.05, 3.63) is 87.9 Å². The Labute approximate surface area is 190 Å². The minimum absolute atomic E-state index is 0.465. The van der Waals surface area contributed by atoms with Gasteiger partial charge in [0.2, 0.25) is 0 Å². The van der Waals surface area contributed by atoms with Crippen molar-refractivity contribution in [2.24, 2.45) is 0 Å². The van der Waals surface area contributed by atoms with E-state index >= 15 is 0 Å². The summed E-state index contributed by atoms with van der Waals surface area (Å²) < 4.78 is 17.3. The molecule has 0 spiro atoms. The predicted molar refractivity (Wildman–Crippen MR) is 127 cm³/mol. The fourth-order valence-electron chi connectivity index (χ4n) is 3.29. The molecule has 0 fully saturated rings. The van der Waals surface area contributed by atoms with E-state index in [2.05, 4.69) is 42.6 Å². The zero-order valence-corrected chi connectivity index (χ0v) is 19.2. The van der Waals surface area contributed by atoms with E-state index in [9.17, 15) is 0 Å². The van der Waals surface area contributed by atoms with Crippen LogP contribution in [0.5, 0.6) is 17.2 Å². The van der Waals surface area contributed by atoms with Crippen LogP contribution in [-0.4, -0.2) is 20.3 Å². The summed E-state index contributed by atoms with van der Waals surface area (Å²) in [5, 5.41) is 4.12. The maximum absolute atomic E-state index is 6.55. The summed E-state index contributed by atoms with van der Waals surface area (Å²) >= 11 is 6.55. The molecule has 0 heterocycles. The van der Waals surface area contributed by atoms with Crippen molar-refractivity contribution >= 4 is 11.6 Å². The lowest BCUT2D eigenvalue weighted by Crippen LogP contribution is -2.17. The summed E-state index contributed by atoms with van der Waals surface area (Å²) in [4.78, 5) is 0. The summed E-state index contributed by atoms with van der Waals surface area (Å²) in [6.07, 6.45) is 0.873. The van der Waals surface area contributed by atoms with Crippen LogP contribution in [0.3, 0.4) is 0 Å². The van der Waals surface area contributed by atoms with Crippen molar-refractivity contribution in [2.45, 2.75) is 33.4 Å². The van der Waals surface area contributed by atoms with Crippen LogP contribution >= 0.6 is 11.6 Å². The highest BCUT2D eigenvalue weighted by atomic mass is 35.5. The molecule has 0 saturated carbocycles. The highest BCUT2D eigenvalue weighted by Crippen LogP contribution is 2.34. The second-order valence-corrected chi connectivity index (χ2v) is 7.74. The standard InChI is InChI=1S/C26H30ClNO3/c1-4-30-25-15-22(17-28-14-13-21-7-5-6-8-24(21)29-3)23(27)16-26(25)31-18-20-11-9-19(2)10-12-20/h5-12,15-16,28H,4,13-14,17-18H2,1-3H3. The predicted octanol–water partition coefficient (Wildman–Crippen LogP) is 5.97. The molecule has 31 heavy (non-hydrogen) atoms. The Morgan fingerprint density at radius 3 is 2.35 bits per heavy atom. The molecule has 0 aromatic heterocycles. The van der Waals surface area contributed by atoms with Crippen LogP contribution in [0.1, 0.15) is 29.2 Å². The molecule has 4 nitrogen and oxygen atoms in total. The molecule has 0 bridgehead atoms. The van der Waals surface area contributed by atoms with Gasteiger partial charge in [-0.1, -0.05) is 59.6 Å². The van der Waals surface area contributed by atoms with E-state index in [4.69, 9.17) is 25.8 Å². The molecule has 164 valence electrons. The second-order valence-electron chi connectivity index (χ2n) is 7.34. The SMILES string of the molecule is CCOc1cc(CNCCc2ccccc2OC)c(Cl)cc1OCc1ccc(C)cc1. The monoisotopic (exact) mass is 439 g/mol. The van der Waals surface area contributed by atoms with Gasteiger partial charge in [0, 0.05) is 17.6 Å². The van der Waals surface area contributed by atoms with E-state index in [1.54, 1.807) is 7.11 Å².